The Morgan fingerprint density at radius 2 is 2.50 bits per heavy atom. The van der Waals surface area contributed by atoms with Gasteiger partial charge in [0.2, 0.25) is 0 Å². The second-order valence-corrected chi connectivity index (χ2v) is 2.09. The van der Waals surface area contributed by atoms with Crippen molar-refractivity contribution >= 4 is 5.84 Å². The zero-order chi connectivity index (χ0) is 6.81. The molecule has 0 unspecified atom stereocenters. The summed E-state index contributed by atoms with van der Waals surface area (Å²) in [5, 5.41) is 3.12. The Morgan fingerprint density at radius 3 is 3.10 bits per heavy atom. The van der Waals surface area contributed by atoms with E-state index < -0.39 is 0 Å². The van der Waals surface area contributed by atoms with Gasteiger partial charge in [0, 0.05) is 18.9 Å². The highest BCUT2D eigenvalue weighted by Crippen LogP contribution is 1.93. The largest absolute Gasteiger partial charge is 0.365 e. The zero-order valence-electron chi connectivity index (χ0n) is 5.46. The molecule has 0 bridgehead atoms. The average Bonchev–Trinajstić information content (AvgIpc) is 2.59. The van der Waals surface area contributed by atoms with E-state index in [4.69, 9.17) is 0 Å². The maximum atomic E-state index is 4.19. The summed E-state index contributed by atoms with van der Waals surface area (Å²) >= 11 is 0. The Morgan fingerprint density at radius 1 is 1.50 bits per heavy atom. The molecule has 1 aliphatic rings. The lowest BCUT2D eigenvalue weighted by molar-refractivity contribution is 0.956. The summed E-state index contributed by atoms with van der Waals surface area (Å²) < 4.78 is 0. The molecule has 0 aliphatic carbocycles. The molecule has 1 aromatic rings. The molecule has 0 radical (unpaired) electrons. The third-order valence-electron chi connectivity index (χ3n) is 1.40. The van der Waals surface area contributed by atoms with Crippen molar-refractivity contribution in [3.63, 3.8) is 0 Å². The Balaban J connectivity index is 2.28. The molecule has 1 aromatic heterocycles. The van der Waals surface area contributed by atoms with Crippen LogP contribution in [0.5, 0.6) is 0 Å². The number of hydrogen-bond donors (Lipinski definition) is 2. The molecule has 0 saturated carbocycles. The predicted molar refractivity (Wildman–Crippen MR) is 38.0 cm³/mol. The van der Waals surface area contributed by atoms with E-state index in [9.17, 15) is 0 Å². The number of nitrogens with one attached hydrogen (secondary N) is 2. The van der Waals surface area contributed by atoms with Gasteiger partial charge in [-0.2, -0.15) is 0 Å². The molecule has 4 heteroatoms. The van der Waals surface area contributed by atoms with Crippen LogP contribution in [0.4, 0.5) is 0 Å². The van der Waals surface area contributed by atoms with Crippen molar-refractivity contribution in [3.8, 4) is 0 Å². The monoisotopic (exact) mass is 136 g/mol. The van der Waals surface area contributed by atoms with Crippen LogP contribution < -0.4 is 5.32 Å². The van der Waals surface area contributed by atoms with E-state index in [2.05, 4.69) is 20.3 Å². The molecule has 10 heavy (non-hydrogen) atoms. The lowest BCUT2D eigenvalue weighted by Gasteiger charge is -1.94. The van der Waals surface area contributed by atoms with E-state index in [1.807, 2.05) is 0 Å². The minimum Gasteiger partial charge on any atom is -0.365 e. The van der Waals surface area contributed by atoms with E-state index in [-0.39, 0.29) is 0 Å². The lowest BCUT2D eigenvalue weighted by atomic mass is 10.5. The molecule has 2 heterocycles. The van der Waals surface area contributed by atoms with Crippen LogP contribution in [0.3, 0.4) is 0 Å². The van der Waals surface area contributed by atoms with Gasteiger partial charge in [0.1, 0.15) is 0 Å². The minimum atomic E-state index is 0.831. The van der Waals surface area contributed by atoms with Crippen molar-refractivity contribution < 1.29 is 0 Å². The van der Waals surface area contributed by atoms with E-state index in [0.717, 1.165) is 24.7 Å². The molecule has 0 spiro atoms. The van der Waals surface area contributed by atoms with Crippen LogP contribution in [0.2, 0.25) is 0 Å². The van der Waals surface area contributed by atoms with Gasteiger partial charge in [-0.05, 0) is 0 Å². The topological polar surface area (TPSA) is 53.1 Å². The minimum absolute atomic E-state index is 0.831. The summed E-state index contributed by atoms with van der Waals surface area (Å²) in [6.07, 6.45) is 3.51. The molecule has 2 N–H and O–H groups in total. The van der Waals surface area contributed by atoms with E-state index in [1.54, 1.807) is 12.4 Å². The number of amidine groups is 1. The predicted octanol–water partition coefficient (Wildman–Crippen LogP) is -0.241. The van der Waals surface area contributed by atoms with Crippen LogP contribution in [-0.2, 0) is 0 Å². The van der Waals surface area contributed by atoms with Gasteiger partial charge in [-0.15, -0.1) is 0 Å². The number of rotatable bonds is 1. The van der Waals surface area contributed by atoms with Gasteiger partial charge in [-0.1, -0.05) is 0 Å². The molecule has 0 saturated heterocycles. The molecule has 0 atom stereocenters. The first-order valence-electron chi connectivity index (χ1n) is 3.25. The summed E-state index contributed by atoms with van der Waals surface area (Å²) in [5.74, 6) is 1.71. The van der Waals surface area contributed by atoms with Crippen LogP contribution in [0, 0.1) is 0 Å². The summed E-state index contributed by atoms with van der Waals surface area (Å²) in [5.41, 5.74) is 0. The molecular formula is C6H8N4. The fourth-order valence-electron chi connectivity index (χ4n) is 0.951. The second kappa shape index (κ2) is 2.13. The normalized spacial score (nSPS) is 16.6. The summed E-state index contributed by atoms with van der Waals surface area (Å²) in [4.78, 5) is 11.2. The van der Waals surface area contributed by atoms with Crippen molar-refractivity contribution in [2.45, 2.75) is 0 Å². The molecule has 1 aliphatic heterocycles. The number of hydrogen-bond acceptors (Lipinski definition) is 3. The number of aliphatic imine (C=N–C) groups is 1. The van der Waals surface area contributed by atoms with Crippen molar-refractivity contribution in [2.24, 2.45) is 4.99 Å². The highest BCUT2D eigenvalue weighted by Gasteiger charge is 2.08. The van der Waals surface area contributed by atoms with Crippen LogP contribution in [0.15, 0.2) is 17.4 Å². The van der Waals surface area contributed by atoms with Gasteiger partial charge in [-0.3, -0.25) is 4.99 Å². The Hall–Kier alpha value is -1.32. The van der Waals surface area contributed by atoms with Crippen molar-refractivity contribution in [2.75, 3.05) is 13.1 Å². The average molecular weight is 136 g/mol. The van der Waals surface area contributed by atoms with E-state index in [1.165, 1.54) is 0 Å². The SMILES string of the molecule is c1c[nH]c(C2=NCCN2)n1. The Kier molecular flexibility index (Phi) is 1.16. The number of nitrogens with zero attached hydrogens (tertiary/aromatic N) is 2. The highest BCUT2D eigenvalue weighted by atomic mass is 15.1. The van der Waals surface area contributed by atoms with Crippen LogP contribution >= 0.6 is 0 Å². The molecule has 4 nitrogen and oxygen atoms in total. The third kappa shape index (κ3) is 0.775. The standard InChI is InChI=1S/C6H8N4/c1-2-8-5(7-1)6-9-3-4-10-6/h1-2H,3-4H2,(H,7,8)(H,9,10). The lowest BCUT2D eigenvalue weighted by Crippen LogP contribution is -2.20. The van der Waals surface area contributed by atoms with E-state index >= 15 is 0 Å². The summed E-state index contributed by atoms with van der Waals surface area (Å²) in [6, 6.07) is 0. The third-order valence-corrected chi connectivity index (χ3v) is 1.40. The summed E-state index contributed by atoms with van der Waals surface area (Å²) in [7, 11) is 0. The summed E-state index contributed by atoms with van der Waals surface area (Å²) in [6.45, 7) is 1.78. The van der Waals surface area contributed by atoms with Crippen molar-refractivity contribution in [3.05, 3.63) is 18.2 Å². The fraction of sp³-hybridized carbons (Fsp3) is 0.333. The quantitative estimate of drug-likeness (QED) is 0.559. The van der Waals surface area contributed by atoms with Gasteiger partial charge >= 0.3 is 0 Å². The van der Waals surface area contributed by atoms with Crippen LogP contribution in [-0.4, -0.2) is 28.9 Å². The maximum absolute atomic E-state index is 4.19. The fourth-order valence-corrected chi connectivity index (χ4v) is 0.951. The first-order chi connectivity index (χ1) is 4.97. The second-order valence-electron chi connectivity index (χ2n) is 2.09. The van der Waals surface area contributed by atoms with Crippen molar-refractivity contribution in [1.82, 2.24) is 15.3 Å². The Labute approximate surface area is 58.4 Å². The molecule has 0 aromatic carbocycles. The number of aromatic nitrogens is 2. The molecule has 52 valence electrons. The van der Waals surface area contributed by atoms with Gasteiger partial charge in [0.15, 0.2) is 11.7 Å². The van der Waals surface area contributed by atoms with Gasteiger partial charge in [0.25, 0.3) is 0 Å². The zero-order valence-corrected chi connectivity index (χ0v) is 5.46. The molecule has 2 rings (SSSR count). The number of imidazole rings is 1. The van der Waals surface area contributed by atoms with Crippen molar-refractivity contribution in [1.29, 1.82) is 0 Å². The smallest absolute Gasteiger partial charge is 0.172 e. The molecule has 0 fully saturated rings. The maximum Gasteiger partial charge on any atom is 0.172 e. The molecular weight excluding hydrogens is 128 g/mol. The van der Waals surface area contributed by atoms with Gasteiger partial charge in [0.05, 0.1) is 6.54 Å². The number of H-pyrrole nitrogens is 1. The van der Waals surface area contributed by atoms with Crippen LogP contribution in [0.25, 0.3) is 0 Å². The van der Waals surface area contributed by atoms with Gasteiger partial charge in [-0.25, -0.2) is 4.98 Å². The first kappa shape index (κ1) is 5.46. The molecule has 0 amide bonds. The first-order valence-corrected chi connectivity index (χ1v) is 3.25. The Bertz CT molecular complexity index is 236. The van der Waals surface area contributed by atoms with E-state index in [0.29, 0.717) is 0 Å². The van der Waals surface area contributed by atoms with Crippen LogP contribution in [0.1, 0.15) is 5.82 Å². The number of aromatic amines is 1. The van der Waals surface area contributed by atoms with Gasteiger partial charge < -0.3 is 10.3 Å². The highest BCUT2D eigenvalue weighted by molar-refractivity contribution is 5.96.